The maximum Gasteiger partial charge on any atom is 0.133 e. The second-order valence-electron chi connectivity index (χ2n) is 2.36. The van der Waals surface area contributed by atoms with Crippen LogP contribution in [0.4, 0.5) is 8.78 Å². The summed E-state index contributed by atoms with van der Waals surface area (Å²) in [6.45, 7) is 3.54. The highest BCUT2D eigenvalue weighted by Crippen LogP contribution is 2.18. The maximum atomic E-state index is 12.9. The van der Waals surface area contributed by atoms with E-state index in [0.717, 1.165) is 6.07 Å². The van der Waals surface area contributed by atoms with Gasteiger partial charge in [-0.1, -0.05) is 6.58 Å². The SMILES string of the molecule is C=C(CCl)c1ccc(F)cc1F. The van der Waals surface area contributed by atoms with Gasteiger partial charge in [-0.3, -0.25) is 0 Å². The molecule has 64 valence electrons. The van der Waals surface area contributed by atoms with E-state index in [1.54, 1.807) is 0 Å². The predicted molar refractivity (Wildman–Crippen MR) is 46.1 cm³/mol. The Kier molecular flexibility index (Phi) is 2.82. The van der Waals surface area contributed by atoms with E-state index in [4.69, 9.17) is 11.6 Å². The molecule has 3 heteroatoms. The highest BCUT2D eigenvalue weighted by molar-refractivity contribution is 6.23. The Morgan fingerprint density at radius 3 is 2.58 bits per heavy atom. The van der Waals surface area contributed by atoms with E-state index in [0.29, 0.717) is 5.57 Å². The zero-order valence-corrected chi connectivity index (χ0v) is 7.04. The lowest BCUT2D eigenvalue weighted by Crippen LogP contribution is -1.90. The zero-order chi connectivity index (χ0) is 9.14. The molecule has 1 aromatic rings. The molecule has 1 rings (SSSR count). The number of halogens is 3. The summed E-state index contributed by atoms with van der Waals surface area (Å²) < 4.78 is 25.3. The third-order valence-corrected chi connectivity index (χ3v) is 1.80. The van der Waals surface area contributed by atoms with Crippen LogP contribution in [0.1, 0.15) is 5.56 Å². The van der Waals surface area contributed by atoms with Gasteiger partial charge in [-0.25, -0.2) is 8.78 Å². The largest absolute Gasteiger partial charge is 0.207 e. The summed E-state index contributed by atoms with van der Waals surface area (Å²) in [5, 5.41) is 0. The van der Waals surface area contributed by atoms with E-state index in [1.165, 1.54) is 12.1 Å². The molecule has 0 aliphatic heterocycles. The first-order chi connectivity index (χ1) is 5.65. The molecular formula is C9H7ClF2. The highest BCUT2D eigenvalue weighted by atomic mass is 35.5. The molecule has 0 spiro atoms. The molecule has 0 heterocycles. The van der Waals surface area contributed by atoms with Crippen LogP contribution in [0.3, 0.4) is 0 Å². The van der Waals surface area contributed by atoms with Crippen LogP contribution in [0, 0.1) is 11.6 Å². The Morgan fingerprint density at radius 2 is 2.08 bits per heavy atom. The van der Waals surface area contributed by atoms with Gasteiger partial charge in [0.05, 0.1) is 0 Å². The molecule has 0 saturated heterocycles. The van der Waals surface area contributed by atoms with Gasteiger partial charge >= 0.3 is 0 Å². The van der Waals surface area contributed by atoms with Crippen molar-refractivity contribution in [3.63, 3.8) is 0 Å². The smallest absolute Gasteiger partial charge is 0.133 e. The first-order valence-corrected chi connectivity index (χ1v) is 3.87. The summed E-state index contributed by atoms with van der Waals surface area (Å²) in [6, 6.07) is 3.32. The van der Waals surface area contributed by atoms with Crippen LogP contribution < -0.4 is 0 Å². The lowest BCUT2D eigenvalue weighted by Gasteiger charge is -2.02. The zero-order valence-electron chi connectivity index (χ0n) is 6.28. The Hall–Kier alpha value is -0.890. The fourth-order valence-corrected chi connectivity index (χ4v) is 0.992. The predicted octanol–water partition coefficient (Wildman–Crippen LogP) is 3.22. The molecule has 0 aliphatic carbocycles. The summed E-state index contributed by atoms with van der Waals surface area (Å²) in [4.78, 5) is 0. The van der Waals surface area contributed by atoms with Crippen molar-refractivity contribution in [2.75, 3.05) is 5.88 Å². The van der Waals surface area contributed by atoms with E-state index in [2.05, 4.69) is 6.58 Å². The van der Waals surface area contributed by atoms with E-state index >= 15 is 0 Å². The van der Waals surface area contributed by atoms with Gasteiger partial charge in [-0.2, -0.15) is 0 Å². The van der Waals surface area contributed by atoms with Gasteiger partial charge in [0.15, 0.2) is 0 Å². The molecule has 12 heavy (non-hydrogen) atoms. The van der Waals surface area contributed by atoms with Crippen molar-refractivity contribution < 1.29 is 8.78 Å². The molecule has 0 nitrogen and oxygen atoms in total. The average molecular weight is 189 g/mol. The van der Waals surface area contributed by atoms with Crippen molar-refractivity contribution in [2.45, 2.75) is 0 Å². The van der Waals surface area contributed by atoms with Gasteiger partial charge in [0.25, 0.3) is 0 Å². The number of hydrogen-bond acceptors (Lipinski definition) is 0. The van der Waals surface area contributed by atoms with Crippen molar-refractivity contribution in [3.05, 3.63) is 42.0 Å². The number of rotatable bonds is 2. The van der Waals surface area contributed by atoms with Gasteiger partial charge in [0.1, 0.15) is 11.6 Å². The minimum atomic E-state index is -0.624. The van der Waals surface area contributed by atoms with Crippen LogP contribution >= 0.6 is 11.6 Å². The summed E-state index contributed by atoms with van der Waals surface area (Å²) >= 11 is 5.44. The van der Waals surface area contributed by atoms with Crippen molar-refractivity contribution in [3.8, 4) is 0 Å². The van der Waals surface area contributed by atoms with Crippen LogP contribution in [-0.2, 0) is 0 Å². The van der Waals surface area contributed by atoms with Crippen molar-refractivity contribution >= 4 is 17.2 Å². The Bertz CT molecular complexity index is 307. The number of hydrogen-bond donors (Lipinski definition) is 0. The molecule has 0 amide bonds. The van der Waals surface area contributed by atoms with Crippen LogP contribution in [0.25, 0.3) is 5.57 Å². The van der Waals surface area contributed by atoms with Gasteiger partial charge in [-0.05, 0) is 17.7 Å². The van der Waals surface area contributed by atoms with Crippen LogP contribution in [0.15, 0.2) is 24.8 Å². The molecule has 0 fully saturated rings. The van der Waals surface area contributed by atoms with Crippen molar-refractivity contribution in [2.24, 2.45) is 0 Å². The normalized spacial score (nSPS) is 9.92. The molecule has 0 bridgehead atoms. The first kappa shape index (κ1) is 9.20. The third kappa shape index (κ3) is 1.83. The summed E-state index contributed by atoms with van der Waals surface area (Å²) in [6.07, 6.45) is 0. The van der Waals surface area contributed by atoms with Gasteiger partial charge in [-0.15, -0.1) is 11.6 Å². The Balaban J connectivity index is 3.09. The first-order valence-electron chi connectivity index (χ1n) is 3.34. The Morgan fingerprint density at radius 1 is 1.42 bits per heavy atom. The molecule has 0 radical (unpaired) electrons. The fraction of sp³-hybridized carbons (Fsp3) is 0.111. The van der Waals surface area contributed by atoms with Gasteiger partial charge in [0, 0.05) is 17.5 Å². The minimum Gasteiger partial charge on any atom is -0.207 e. The lowest BCUT2D eigenvalue weighted by atomic mass is 10.1. The van der Waals surface area contributed by atoms with Crippen molar-refractivity contribution in [1.29, 1.82) is 0 Å². The number of benzene rings is 1. The summed E-state index contributed by atoms with van der Waals surface area (Å²) in [5.74, 6) is -1.08. The topological polar surface area (TPSA) is 0 Å². The number of allylic oxidation sites excluding steroid dienone is 1. The van der Waals surface area contributed by atoms with E-state index in [1.807, 2.05) is 0 Å². The van der Waals surface area contributed by atoms with Gasteiger partial charge < -0.3 is 0 Å². The summed E-state index contributed by atoms with van der Waals surface area (Å²) in [7, 11) is 0. The summed E-state index contributed by atoms with van der Waals surface area (Å²) in [5.41, 5.74) is 0.723. The third-order valence-electron chi connectivity index (χ3n) is 1.47. The monoisotopic (exact) mass is 188 g/mol. The number of alkyl halides is 1. The molecule has 0 N–H and O–H groups in total. The Labute approximate surface area is 74.5 Å². The standard InChI is InChI=1S/C9H7ClF2/c1-6(5-10)8-3-2-7(11)4-9(8)12/h2-4H,1,5H2. The maximum absolute atomic E-state index is 12.9. The second-order valence-corrected chi connectivity index (χ2v) is 2.63. The fourth-order valence-electron chi connectivity index (χ4n) is 0.848. The quantitative estimate of drug-likeness (QED) is 0.626. The highest BCUT2D eigenvalue weighted by Gasteiger charge is 2.05. The molecule has 0 aliphatic rings. The van der Waals surface area contributed by atoms with Crippen LogP contribution in [0.5, 0.6) is 0 Å². The molecule has 1 aromatic carbocycles. The molecule has 0 unspecified atom stereocenters. The molecule has 0 atom stereocenters. The molecule has 0 aromatic heterocycles. The second kappa shape index (κ2) is 3.68. The van der Waals surface area contributed by atoms with Gasteiger partial charge in [0.2, 0.25) is 0 Å². The van der Waals surface area contributed by atoms with E-state index < -0.39 is 11.6 Å². The lowest BCUT2D eigenvalue weighted by molar-refractivity contribution is 0.581. The minimum absolute atomic E-state index is 0.141. The molecule has 0 saturated carbocycles. The molecular weight excluding hydrogens is 182 g/mol. The average Bonchev–Trinajstić information content (AvgIpc) is 2.03. The van der Waals surface area contributed by atoms with E-state index in [-0.39, 0.29) is 11.4 Å². The van der Waals surface area contributed by atoms with Crippen molar-refractivity contribution in [1.82, 2.24) is 0 Å². The van der Waals surface area contributed by atoms with Crippen LogP contribution in [0.2, 0.25) is 0 Å². The van der Waals surface area contributed by atoms with Crippen LogP contribution in [-0.4, -0.2) is 5.88 Å². The van der Waals surface area contributed by atoms with E-state index in [9.17, 15) is 8.78 Å².